The molecule has 6 heteroatoms. The van der Waals surface area contributed by atoms with Crippen molar-refractivity contribution >= 4 is 23.5 Å². The van der Waals surface area contributed by atoms with Gasteiger partial charge in [0, 0.05) is 17.0 Å². The van der Waals surface area contributed by atoms with Gasteiger partial charge in [0.15, 0.2) is 5.60 Å². The van der Waals surface area contributed by atoms with E-state index in [1.807, 2.05) is 49.4 Å². The van der Waals surface area contributed by atoms with Crippen LogP contribution in [0.5, 0.6) is 0 Å². The third kappa shape index (κ3) is 6.58. The molecule has 0 aromatic heterocycles. The van der Waals surface area contributed by atoms with Crippen molar-refractivity contribution in [2.75, 3.05) is 0 Å². The van der Waals surface area contributed by atoms with Crippen molar-refractivity contribution in [2.45, 2.75) is 70.4 Å². The van der Waals surface area contributed by atoms with Crippen LogP contribution in [-0.2, 0) is 20.7 Å². The lowest BCUT2D eigenvalue weighted by atomic mass is 9.85. The van der Waals surface area contributed by atoms with E-state index in [1.165, 1.54) is 0 Å². The number of nitrogens with zero attached hydrogens (tertiary/aromatic N) is 1. The molecule has 0 saturated heterocycles. The molecule has 2 unspecified atom stereocenters. The zero-order chi connectivity index (χ0) is 24.0. The van der Waals surface area contributed by atoms with Crippen molar-refractivity contribution in [2.24, 2.45) is 5.92 Å². The topological polar surface area (TPSA) is 79.2 Å². The summed E-state index contributed by atoms with van der Waals surface area (Å²) in [7, 11) is 0. The second-order valence-electron chi connectivity index (χ2n) is 9.35. The number of rotatable bonds is 8. The zero-order valence-corrected chi connectivity index (χ0v) is 20.2. The number of hydrogen-bond acceptors (Lipinski definition) is 4. The summed E-state index contributed by atoms with van der Waals surface area (Å²) in [5, 5.41) is 13.1. The number of ether oxygens (including phenoxy) is 1. The predicted molar refractivity (Wildman–Crippen MR) is 129 cm³/mol. The lowest BCUT2D eigenvalue weighted by molar-refractivity contribution is -0.169. The van der Waals surface area contributed by atoms with E-state index in [-0.39, 0.29) is 29.8 Å². The van der Waals surface area contributed by atoms with Gasteiger partial charge >= 0.3 is 5.97 Å². The van der Waals surface area contributed by atoms with Crippen molar-refractivity contribution in [3.63, 3.8) is 0 Å². The molecule has 2 aromatic rings. The molecule has 0 bridgehead atoms. The molecular formula is C27H31ClN2O3. The summed E-state index contributed by atoms with van der Waals surface area (Å²) >= 11 is 6.04. The smallest absolute Gasteiger partial charge is 0.309 e. The van der Waals surface area contributed by atoms with E-state index in [9.17, 15) is 14.9 Å². The fourth-order valence-electron chi connectivity index (χ4n) is 4.32. The molecule has 1 fully saturated rings. The summed E-state index contributed by atoms with van der Waals surface area (Å²) in [6.07, 6.45) is 4.35. The van der Waals surface area contributed by atoms with Gasteiger partial charge in [-0.15, -0.1) is 0 Å². The van der Waals surface area contributed by atoms with Crippen molar-refractivity contribution in [1.29, 1.82) is 5.26 Å². The maximum absolute atomic E-state index is 13.1. The van der Waals surface area contributed by atoms with Gasteiger partial charge in [-0.25, -0.2) is 0 Å². The maximum atomic E-state index is 13.1. The molecule has 1 saturated carbocycles. The minimum Gasteiger partial charge on any atom is -0.449 e. The predicted octanol–water partition coefficient (Wildman–Crippen LogP) is 5.55. The highest BCUT2D eigenvalue weighted by Gasteiger charge is 2.37. The SMILES string of the molecule is CC(NC(=O)C(C)(C)OC(=O)C1CCCC1)C(Cc1ccc(Cl)cc1)c1cccc(C#N)c1. The molecule has 2 aromatic carbocycles. The minimum atomic E-state index is -1.27. The number of carbonyl (C=O) groups is 2. The number of halogens is 1. The van der Waals surface area contributed by atoms with E-state index < -0.39 is 5.60 Å². The molecule has 5 nitrogen and oxygen atoms in total. The molecular weight excluding hydrogens is 436 g/mol. The van der Waals surface area contributed by atoms with E-state index in [0.29, 0.717) is 17.0 Å². The van der Waals surface area contributed by atoms with Crippen LogP contribution in [0, 0.1) is 17.2 Å². The fraction of sp³-hybridized carbons (Fsp3) is 0.444. The summed E-state index contributed by atoms with van der Waals surface area (Å²) in [4.78, 5) is 25.6. The largest absolute Gasteiger partial charge is 0.449 e. The quantitative estimate of drug-likeness (QED) is 0.517. The second kappa shape index (κ2) is 10.9. The summed E-state index contributed by atoms with van der Waals surface area (Å²) in [6.45, 7) is 5.20. The monoisotopic (exact) mass is 466 g/mol. The molecule has 3 rings (SSSR count). The molecule has 0 aliphatic heterocycles. The van der Waals surface area contributed by atoms with Crippen molar-refractivity contribution < 1.29 is 14.3 Å². The maximum Gasteiger partial charge on any atom is 0.309 e. The van der Waals surface area contributed by atoms with Crippen LogP contribution in [0.2, 0.25) is 5.02 Å². The molecule has 174 valence electrons. The molecule has 1 amide bonds. The van der Waals surface area contributed by atoms with Gasteiger partial charge in [-0.2, -0.15) is 5.26 Å². The molecule has 0 spiro atoms. The summed E-state index contributed by atoms with van der Waals surface area (Å²) < 4.78 is 5.63. The number of esters is 1. The molecule has 1 N–H and O–H groups in total. The molecule has 0 heterocycles. The average molecular weight is 467 g/mol. The first-order chi connectivity index (χ1) is 15.7. The summed E-state index contributed by atoms with van der Waals surface area (Å²) in [5.41, 5.74) is 1.32. The van der Waals surface area contributed by atoms with Gasteiger partial charge in [-0.1, -0.05) is 48.7 Å². The zero-order valence-electron chi connectivity index (χ0n) is 19.4. The minimum absolute atomic E-state index is 0.0928. The van der Waals surface area contributed by atoms with Crippen LogP contribution in [0.3, 0.4) is 0 Å². The Balaban J connectivity index is 1.77. The Hall–Kier alpha value is -2.84. The van der Waals surface area contributed by atoms with E-state index in [0.717, 1.165) is 36.8 Å². The lowest BCUT2D eigenvalue weighted by Crippen LogP contribution is -2.50. The molecule has 0 radical (unpaired) electrons. The molecule has 1 aliphatic rings. The fourth-order valence-corrected chi connectivity index (χ4v) is 4.45. The number of benzene rings is 2. The van der Waals surface area contributed by atoms with Gasteiger partial charge in [-0.3, -0.25) is 9.59 Å². The Morgan fingerprint density at radius 2 is 1.85 bits per heavy atom. The Morgan fingerprint density at radius 1 is 1.18 bits per heavy atom. The van der Waals surface area contributed by atoms with Crippen molar-refractivity contribution in [1.82, 2.24) is 5.32 Å². The van der Waals surface area contributed by atoms with E-state index >= 15 is 0 Å². The summed E-state index contributed by atoms with van der Waals surface area (Å²) in [6, 6.07) is 17.0. The van der Waals surface area contributed by atoms with Gasteiger partial charge in [0.25, 0.3) is 5.91 Å². The highest BCUT2D eigenvalue weighted by Crippen LogP contribution is 2.29. The van der Waals surface area contributed by atoms with Crippen LogP contribution in [0.15, 0.2) is 48.5 Å². The number of carbonyl (C=O) groups excluding carboxylic acids is 2. The number of amides is 1. The first kappa shape index (κ1) is 24.8. The van der Waals surface area contributed by atoms with Gasteiger partial charge in [0.2, 0.25) is 0 Å². The van der Waals surface area contributed by atoms with Crippen LogP contribution >= 0.6 is 11.6 Å². The Bertz CT molecular complexity index is 1020. The van der Waals surface area contributed by atoms with Crippen LogP contribution < -0.4 is 5.32 Å². The molecule has 1 aliphatic carbocycles. The lowest BCUT2D eigenvalue weighted by Gasteiger charge is -2.31. The van der Waals surface area contributed by atoms with Gasteiger partial charge in [0.05, 0.1) is 17.6 Å². The standard InChI is InChI=1S/C27H31ClN2O3/c1-18(30-26(32)27(2,3)33-25(31)21-8-4-5-9-21)24(16-19-11-13-23(28)14-12-19)22-10-6-7-20(15-22)17-29/h6-7,10-15,18,21,24H,4-5,8-9,16H2,1-3H3,(H,30,32). The first-order valence-electron chi connectivity index (χ1n) is 11.5. The van der Waals surface area contributed by atoms with Gasteiger partial charge in [-0.05, 0) is 75.4 Å². The Labute approximate surface area is 201 Å². The van der Waals surface area contributed by atoms with Crippen LogP contribution in [0.1, 0.15) is 69.1 Å². The highest BCUT2D eigenvalue weighted by molar-refractivity contribution is 6.30. The summed E-state index contributed by atoms with van der Waals surface area (Å²) in [5.74, 6) is -0.829. The average Bonchev–Trinajstić information content (AvgIpc) is 3.33. The van der Waals surface area contributed by atoms with E-state index in [4.69, 9.17) is 16.3 Å². The van der Waals surface area contributed by atoms with Gasteiger partial charge in [0.1, 0.15) is 0 Å². The van der Waals surface area contributed by atoms with Crippen molar-refractivity contribution in [3.05, 3.63) is 70.2 Å². The van der Waals surface area contributed by atoms with Crippen molar-refractivity contribution in [3.8, 4) is 6.07 Å². The van der Waals surface area contributed by atoms with Crippen LogP contribution in [0.4, 0.5) is 0 Å². The third-order valence-corrected chi connectivity index (χ3v) is 6.62. The van der Waals surface area contributed by atoms with Gasteiger partial charge < -0.3 is 10.1 Å². The normalized spacial score (nSPS) is 16.0. The molecule has 33 heavy (non-hydrogen) atoms. The van der Waals surface area contributed by atoms with E-state index in [2.05, 4.69) is 11.4 Å². The highest BCUT2D eigenvalue weighted by atomic mass is 35.5. The number of nitriles is 1. The second-order valence-corrected chi connectivity index (χ2v) is 9.79. The molecule has 2 atom stereocenters. The van der Waals surface area contributed by atoms with Crippen LogP contribution in [0.25, 0.3) is 0 Å². The number of hydrogen-bond donors (Lipinski definition) is 1. The Morgan fingerprint density at radius 3 is 2.48 bits per heavy atom. The Kier molecular flexibility index (Phi) is 8.15. The third-order valence-electron chi connectivity index (χ3n) is 6.37. The van der Waals surface area contributed by atoms with Crippen LogP contribution in [-0.4, -0.2) is 23.5 Å². The van der Waals surface area contributed by atoms with E-state index in [1.54, 1.807) is 19.9 Å². The first-order valence-corrected chi connectivity index (χ1v) is 11.9. The number of nitrogens with one attached hydrogen (secondary N) is 1.